The molecule has 3 N–H and O–H groups in total. The average molecular weight is 560 g/mol. The number of aliphatic hydroxyl groups excluding tert-OH is 2. The normalized spacial score (nSPS) is 45.7. The second-order valence-corrected chi connectivity index (χ2v) is 13.0. The second-order valence-electron chi connectivity index (χ2n) is 13.0. The number of hydrogen-bond acceptors (Lipinski definition) is 9. The third kappa shape index (κ3) is 4.46. The molecule has 9 nitrogen and oxygen atoms in total. The number of morpholine rings is 1. The third-order valence-corrected chi connectivity index (χ3v) is 10.0. The number of ether oxygens (including phenoxy) is 3. The van der Waals surface area contributed by atoms with Crippen LogP contribution in [0.2, 0.25) is 0 Å². The Morgan fingerprint density at radius 3 is 2.39 bits per heavy atom. The molecule has 2 saturated heterocycles. The summed E-state index contributed by atoms with van der Waals surface area (Å²) in [7, 11) is 0. The Morgan fingerprint density at radius 1 is 1.21 bits per heavy atom. The number of nitrogens with zero attached hydrogens (tertiary/aromatic N) is 1. The molecule has 4 fully saturated rings. The topological polar surface area (TPSA) is 126 Å². The summed E-state index contributed by atoms with van der Waals surface area (Å²) in [6, 6.07) is 0. The SMILES string of the molecule is C=C[C@@]1(C)CC(=O)[C@]2(O)[C@@]3(C)[C@@H](O)CCC(C)(C)[C@@H]3[C@H](O)[C@H](OC(=O)C(C)CN3CCOCC3)[C@@]2(C)O1.Cl. The van der Waals surface area contributed by atoms with Crippen LogP contribution in [0.15, 0.2) is 12.7 Å². The van der Waals surface area contributed by atoms with Gasteiger partial charge in [-0.3, -0.25) is 14.5 Å². The first-order chi connectivity index (χ1) is 17.1. The molecule has 2 heterocycles. The molecule has 2 aliphatic carbocycles. The molecule has 218 valence electrons. The minimum absolute atomic E-state index is 0. The van der Waals surface area contributed by atoms with Crippen molar-refractivity contribution in [3.8, 4) is 0 Å². The van der Waals surface area contributed by atoms with Gasteiger partial charge in [0.25, 0.3) is 0 Å². The summed E-state index contributed by atoms with van der Waals surface area (Å²) in [4.78, 5) is 29.5. The maximum atomic E-state index is 14.0. The number of rotatable bonds is 5. The van der Waals surface area contributed by atoms with Crippen LogP contribution < -0.4 is 0 Å². The second kappa shape index (κ2) is 10.4. The minimum atomic E-state index is -2.22. The fraction of sp³-hybridized carbons (Fsp3) is 0.857. The lowest BCUT2D eigenvalue weighted by atomic mass is 9.40. The van der Waals surface area contributed by atoms with Crippen molar-refractivity contribution in [1.29, 1.82) is 0 Å². The molecule has 0 aromatic rings. The van der Waals surface area contributed by atoms with Crippen LogP contribution >= 0.6 is 12.4 Å². The van der Waals surface area contributed by atoms with Crippen molar-refractivity contribution in [1.82, 2.24) is 4.90 Å². The Bertz CT molecular complexity index is 940. The molecule has 4 rings (SSSR count). The van der Waals surface area contributed by atoms with E-state index < -0.39 is 69.5 Å². The van der Waals surface area contributed by atoms with Crippen LogP contribution in [0.25, 0.3) is 0 Å². The maximum absolute atomic E-state index is 14.0. The monoisotopic (exact) mass is 559 g/mol. The first-order valence-electron chi connectivity index (χ1n) is 13.5. The molecule has 4 aliphatic rings. The van der Waals surface area contributed by atoms with Crippen molar-refractivity contribution in [2.24, 2.45) is 22.7 Å². The van der Waals surface area contributed by atoms with E-state index in [0.717, 1.165) is 0 Å². The van der Waals surface area contributed by atoms with Gasteiger partial charge in [-0.1, -0.05) is 33.8 Å². The van der Waals surface area contributed by atoms with E-state index in [1.807, 2.05) is 13.8 Å². The Kier molecular flexibility index (Phi) is 8.61. The van der Waals surface area contributed by atoms with Gasteiger partial charge in [0.15, 0.2) is 17.5 Å². The molecular formula is C28H46ClNO8. The number of carbonyl (C=O) groups is 2. The van der Waals surface area contributed by atoms with E-state index in [9.17, 15) is 24.9 Å². The molecule has 0 radical (unpaired) electrons. The zero-order chi connectivity index (χ0) is 27.6. The van der Waals surface area contributed by atoms with E-state index in [1.54, 1.807) is 20.8 Å². The van der Waals surface area contributed by atoms with Gasteiger partial charge in [-0.25, -0.2) is 0 Å². The highest BCUT2D eigenvalue weighted by Crippen LogP contribution is 2.67. The standard InChI is InChI=1S/C28H45NO8.ClH/c1-8-25(5)15-19(31)28(34)26(6)18(30)9-10-24(3,4)21(26)20(32)22(27(28,7)37-25)36-23(33)17(2)16-29-11-13-35-14-12-29;/h8,17-18,20-22,30,32,34H,1,9-16H2,2-7H3;1H/t17?,18-,20-,21-,22-,25-,26-,27+,28-;/m0./s1. The minimum Gasteiger partial charge on any atom is -0.456 e. The maximum Gasteiger partial charge on any atom is 0.310 e. The van der Waals surface area contributed by atoms with Crippen LogP contribution in [0, 0.1) is 22.7 Å². The summed E-state index contributed by atoms with van der Waals surface area (Å²) in [6.07, 6.45) is -1.42. The lowest BCUT2D eigenvalue weighted by Gasteiger charge is -2.71. The van der Waals surface area contributed by atoms with Gasteiger partial charge >= 0.3 is 5.97 Å². The van der Waals surface area contributed by atoms with Crippen LogP contribution in [0.1, 0.15) is 60.8 Å². The van der Waals surface area contributed by atoms with E-state index >= 15 is 0 Å². The number of hydrogen-bond donors (Lipinski definition) is 3. The predicted octanol–water partition coefficient (Wildman–Crippen LogP) is 1.89. The van der Waals surface area contributed by atoms with E-state index in [-0.39, 0.29) is 18.8 Å². The molecule has 0 aromatic carbocycles. The number of aliphatic hydroxyl groups is 3. The van der Waals surface area contributed by atoms with Crippen molar-refractivity contribution in [3.63, 3.8) is 0 Å². The van der Waals surface area contributed by atoms with E-state index in [4.69, 9.17) is 14.2 Å². The zero-order valence-electron chi connectivity index (χ0n) is 23.6. The molecular weight excluding hydrogens is 514 g/mol. The molecule has 0 aromatic heterocycles. The zero-order valence-corrected chi connectivity index (χ0v) is 24.4. The number of fused-ring (bicyclic) bond motifs is 3. The predicted molar refractivity (Wildman–Crippen MR) is 143 cm³/mol. The Morgan fingerprint density at radius 2 is 1.82 bits per heavy atom. The first-order valence-corrected chi connectivity index (χ1v) is 13.5. The van der Waals surface area contributed by atoms with Gasteiger partial charge in [-0.2, -0.15) is 0 Å². The highest BCUT2D eigenvalue weighted by Gasteiger charge is 2.81. The molecule has 10 heteroatoms. The van der Waals surface area contributed by atoms with Crippen molar-refractivity contribution in [2.75, 3.05) is 32.8 Å². The molecule has 0 amide bonds. The molecule has 38 heavy (non-hydrogen) atoms. The van der Waals surface area contributed by atoms with Crippen LogP contribution in [-0.2, 0) is 23.8 Å². The number of Topliss-reactive ketones (excluding diaryl/α,β-unsaturated/α-hetero) is 1. The summed E-state index contributed by atoms with van der Waals surface area (Å²) in [5.74, 6) is -2.32. The van der Waals surface area contributed by atoms with Crippen LogP contribution in [-0.4, -0.2) is 99.9 Å². The van der Waals surface area contributed by atoms with Gasteiger partial charge in [0.1, 0.15) is 5.60 Å². The van der Waals surface area contributed by atoms with Crippen molar-refractivity contribution in [3.05, 3.63) is 12.7 Å². The summed E-state index contributed by atoms with van der Waals surface area (Å²) in [6.45, 7) is 17.5. The summed E-state index contributed by atoms with van der Waals surface area (Å²) in [5, 5.41) is 35.8. The highest BCUT2D eigenvalue weighted by molar-refractivity contribution is 5.92. The molecule has 9 atom stereocenters. The number of carbonyl (C=O) groups excluding carboxylic acids is 2. The van der Waals surface area contributed by atoms with E-state index in [2.05, 4.69) is 11.5 Å². The number of halogens is 1. The quantitative estimate of drug-likeness (QED) is 0.342. The van der Waals surface area contributed by atoms with Crippen LogP contribution in [0.3, 0.4) is 0 Å². The fourth-order valence-corrected chi connectivity index (χ4v) is 7.97. The van der Waals surface area contributed by atoms with Crippen molar-refractivity contribution >= 4 is 24.2 Å². The van der Waals surface area contributed by atoms with Crippen LogP contribution in [0.5, 0.6) is 0 Å². The molecule has 2 aliphatic heterocycles. The molecule has 2 saturated carbocycles. The Hall–Kier alpha value is -1.07. The molecule has 0 spiro atoms. The Balaban J connectivity index is 0.00000400. The lowest BCUT2D eigenvalue weighted by Crippen LogP contribution is -2.86. The number of esters is 1. The fourth-order valence-electron chi connectivity index (χ4n) is 7.97. The summed E-state index contributed by atoms with van der Waals surface area (Å²) >= 11 is 0. The number of ketones is 1. The van der Waals surface area contributed by atoms with E-state index in [1.165, 1.54) is 13.0 Å². The summed E-state index contributed by atoms with van der Waals surface area (Å²) in [5.41, 5.74) is -7.21. The Labute approximate surface area is 232 Å². The van der Waals surface area contributed by atoms with Crippen molar-refractivity contribution in [2.45, 2.75) is 95.9 Å². The van der Waals surface area contributed by atoms with Gasteiger partial charge in [-0.15, -0.1) is 19.0 Å². The van der Waals surface area contributed by atoms with Crippen LogP contribution in [0.4, 0.5) is 0 Å². The molecule has 0 bridgehead atoms. The van der Waals surface area contributed by atoms with Gasteiger partial charge in [0.2, 0.25) is 0 Å². The lowest BCUT2D eigenvalue weighted by molar-refractivity contribution is -0.371. The first kappa shape index (κ1) is 31.5. The van der Waals surface area contributed by atoms with Gasteiger partial charge < -0.3 is 29.5 Å². The highest BCUT2D eigenvalue weighted by atomic mass is 35.5. The van der Waals surface area contributed by atoms with Gasteiger partial charge in [0.05, 0.1) is 36.9 Å². The van der Waals surface area contributed by atoms with Gasteiger partial charge in [0, 0.05) is 37.4 Å². The largest absolute Gasteiger partial charge is 0.456 e. The smallest absolute Gasteiger partial charge is 0.310 e. The summed E-state index contributed by atoms with van der Waals surface area (Å²) < 4.78 is 17.9. The third-order valence-electron chi connectivity index (χ3n) is 10.0. The van der Waals surface area contributed by atoms with Gasteiger partial charge in [-0.05, 0) is 32.1 Å². The van der Waals surface area contributed by atoms with E-state index in [0.29, 0.717) is 45.7 Å². The average Bonchev–Trinajstić information content (AvgIpc) is 2.82. The van der Waals surface area contributed by atoms with Crippen molar-refractivity contribution < 1.29 is 39.1 Å². The molecule has 1 unspecified atom stereocenters.